The van der Waals surface area contributed by atoms with Crippen molar-refractivity contribution in [1.82, 2.24) is 9.13 Å². The third kappa shape index (κ3) is 9.27. The van der Waals surface area contributed by atoms with Crippen LogP contribution < -0.4 is 0 Å². The predicted molar refractivity (Wildman–Crippen MR) is 342 cm³/mol. The molecule has 0 unspecified atom stereocenters. The van der Waals surface area contributed by atoms with Gasteiger partial charge in [0.05, 0.1) is 39.9 Å². The molecular weight excluding hydrogens is 1020 g/mol. The van der Waals surface area contributed by atoms with Crippen LogP contribution in [0.3, 0.4) is 0 Å². The maximum atomic E-state index is 15.8. The number of rotatable bonds is 8. The Labute approximate surface area is 483 Å². The highest BCUT2D eigenvalue weighted by molar-refractivity contribution is 6.15. The zero-order valence-corrected chi connectivity index (χ0v) is 48.0. The third-order valence-electron chi connectivity index (χ3n) is 16.5. The minimum atomic E-state index is -4.70. The molecule has 0 N–H and O–H groups in total. The Kier molecular flexibility index (Phi) is 12.7. The molecule has 0 aliphatic carbocycles. The second-order valence-electron chi connectivity index (χ2n) is 23.1. The number of nitrogens with zero attached hydrogens (tertiary/aromatic N) is 3. The molecule has 3 nitrogen and oxygen atoms in total. The number of halogens is 3. The fraction of sp³-hybridized carbons (Fsp3) is 0.130. The Hall–Kier alpha value is -9.70. The van der Waals surface area contributed by atoms with Crippen molar-refractivity contribution in [3.63, 3.8) is 0 Å². The van der Waals surface area contributed by atoms with Crippen molar-refractivity contribution >= 4 is 49.3 Å². The second-order valence-corrected chi connectivity index (χ2v) is 23.1. The molecule has 83 heavy (non-hydrogen) atoms. The van der Waals surface area contributed by atoms with Gasteiger partial charge in [0.1, 0.15) is 0 Å². The van der Waals surface area contributed by atoms with Crippen LogP contribution in [0.25, 0.3) is 127 Å². The molecule has 11 aromatic carbocycles. The normalized spacial score (nSPS) is 11.8. The van der Waals surface area contributed by atoms with Crippen molar-refractivity contribution in [2.45, 2.75) is 68.5 Å². The van der Waals surface area contributed by atoms with Gasteiger partial charge >= 0.3 is 6.18 Å². The van der Waals surface area contributed by atoms with Crippen LogP contribution in [0, 0.1) is 68.9 Å². The Bertz CT molecular complexity index is 4600. The standard InChI is InChI=1S/C77H60F3N3/c1-44-28-45(2)33-57(32-44)53-20-24-68-62(40-53)63-41-54(58-34-46(3)29-47(4)35-58)21-25-69(63)82(68)72-18-12-15-61(74-52(9)14-11-16-66(74)77(78,79)80)75(72)76-67(81-10)17-13-19-73(76)83-70-26-22-55(59-36-48(5)30-49(6)37-59)42-64(70)65-43-56(23-27-71(65)83)60-38-50(7)31-51(8)39-60/h11-43H,1-9H3. The van der Waals surface area contributed by atoms with Crippen LogP contribution in [-0.2, 0) is 6.18 Å². The summed E-state index contributed by atoms with van der Waals surface area (Å²) in [6.45, 7) is 27.8. The number of aryl methyl sites for hydroxylation is 9. The molecule has 13 aromatic rings. The van der Waals surface area contributed by atoms with Crippen molar-refractivity contribution in [2.24, 2.45) is 0 Å². The molecule has 0 spiro atoms. The summed E-state index contributed by atoms with van der Waals surface area (Å²) in [5.74, 6) is 0. The highest BCUT2D eigenvalue weighted by Crippen LogP contribution is 2.52. The average Bonchev–Trinajstić information content (AvgIpc) is 2.57. The van der Waals surface area contributed by atoms with Gasteiger partial charge in [0, 0.05) is 38.4 Å². The van der Waals surface area contributed by atoms with Gasteiger partial charge in [0.25, 0.3) is 0 Å². The van der Waals surface area contributed by atoms with Crippen molar-refractivity contribution < 1.29 is 13.2 Å². The van der Waals surface area contributed by atoms with Crippen LogP contribution in [0.15, 0.2) is 200 Å². The van der Waals surface area contributed by atoms with Gasteiger partial charge in [-0.05, 0) is 190 Å². The van der Waals surface area contributed by atoms with Gasteiger partial charge < -0.3 is 9.13 Å². The maximum Gasteiger partial charge on any atom is 0.417 e. The second kappa shape index (κ2) is 20.1. The summed E-state index contributed by atoms with van der Waals surface area (Å²) < 4.78 is 51.9. The monoisotopic (exact) mass is 1080 g/mol. The Balaban J connectivity index is 1.17. The first-order valence-electron chi connectivity index (χ1n) is 28.2. The fourth-order valence-electron chi connectivity index (χ4n) is 13.4. The van der Waals surface area contributed by atoms with Gasteiger partial charge in [-0.25, -0.2) is 4.85 Å². The summed E-state index contributed by atoms with van der Waals surface area (Å²) in [4.78, 5) is 4.32. The third-order valence-corrected chi connectivity index (χ3v) is 16.5. The topological polar surface area (TPSA) is 14.2 Å². The largest absolute Gasteiger partial charge is 0.417 e. The minimum absolute atomic E-state index is 0.0657. The van der Waals surface area contributed by atoms with E-state index in [1.165, 1.54) is 34.4 Å². The zero-order chi connectivity index (χ0) is 57.7. The predicted octanol–water partition coefficient (Wildman–Crippen LogP) is 22.2. The highest BCUT2D eigenvalue weighted by Gasteiger charge is 2.36. The lowest BCUT2D eigenvalue weighted by atomic mass is 9.86. The van der Waals surface area contributed by atoms with E-state index in [-0.39, 0.29) is 5.56 Å². The van der Waals surface area contributed by atoms with Crippen LogP contribution in [0.4, 0.5) is 18.9 Å². The summed E-state index contributed by atoms with van der Waals surface area (Å²) in [7, 11) is 0. The summed E-state index contributed by atoms with van der Waals surface area (Å²) in [6, 6.07) is 68.6. The lowest BCUT2D eigenvalue weighted by Gasteiger charge is -2.25. The minimum Gasteiger partial charge on any atom is -0.310 e. The van der Waals surface area contributed by atoms with Gasteiger partial charge in [0.15, 0.2) is 5.69 Å². The Morgan fingerprint density at radius 1 is 0.325 bits per heavy atom. The van der Waals surface area contributed by atoms with E-state index in [9.17, 15) is 0 Å². The SMILES string of the molecule is [C-]#[N+]c1cccc(-n2c3ccc(-c4cc(C)cc(C)c4)cc3c3cc(-c4cc(C)cc(C)c4)ccc32)c1-c1c(-c2c(C)cccc2C(F)(F)F)cccc1-n1c2ccc(-c3cc(C)cc(C)c3)cc2c2cc(-c3cc(C)cc(C)c3)ccc21. The number of alkyl halides is 3. The number of aromatic nitrogens is 2. The number of hydrogen-bond acceptors (Lipinski definition) is 0. The molecule has 6 heteroatoms. The van der Waals surface area contributed by atoms with Gasteiger partial charge in [-0.2, -0.15) is 13.2 Å². The van der Waals surface area contributed by atoms with Gasteiger partial charge in [-0.3, -0.25) is 0 Å². The van der Waals surface area contributed by atoms with Crippen LogP contribution in [-0.4, -0.2) is 9.13 Å². The first-order chi connectivity index (χ1) is 39.9. The van der Waals surface area contributed by atoms with E-state index in [1.807, 2.05) is 30.3 Å². The quantitative estimate of drug-likeness (QED) is 0.135. The molecule has 0 amide bonds. The first-order valence-corrected chi connectivity index (χ1v) is 28.2. The highest BCUT2D eigenvalue weighted by atomic mass is 19.4. The Morgan fingerprint density at radius 3 is 0.988 bits per heavy atom. The molecule has 0 atom stereocenters. The molecule has 0 aliphatic rings. The van der Waals surface area contributed by atoms with E-state index in [1.54, 1.807) is 19.1 Å². The van der Waals surface area contributed by atoms with E-state index in [0.717, 1.165) is 110 Å². The molecule has 0 bridgehead atoms. The summed E-state index contributed by atoms with van der Waals surface area (Å²) in [6.07, 6.45) is -4.70. The van der Waals surface area contributed by atoms with Gasteiger partial charge in [-0.15, -0.1) is 0 Å². The van der Waals surface area contributed by atoms with Crippen molar-refractivity contribution in [2.75, 3.05) is 0 Å². The molecule has 0 radical (unpaired) electrons. The molecule has 404 valence electrons. The lowest BCUT2D eigenvalue weighted by Crippen LogP contribution is -2.10. The van der Waals surface area contributed by atoms with E-state index < -0.39 is 11.7 Å². The van der Waals surface area contributed by atoms with Gasteiger partial charge in [-0.1, -0.05) is 178 Å². The molecule has 13 rings (SSSR count). The van der Waals surface area contributed by atoms with Crippen molar-refractivity contribution in [1.29, 1.82) is 0 Å². The first kappa shape index (κ1) is 52.7. The van der Waals surface area contributed by atoms with Gasteiger partial charge in [0.2, 0.25) is 0 Å². The Morgan fingerprint density at radius 2 is 0.651 bits per heavy atom. The van der Waals surface area contributed by atoms with Crippen molar-refractivity contribution in [3.8, 4) is 78.1 Å². The maximum absolute atomic E-state index is 15.8. The molecule has 0 saturated heterocycles. The number of hydrogen-bond donors (Lipinski definition) is 0. The average molecular weight is 1080 g/mol. The zero-order valence-electron chi connectivity index (χ0n) is 48.0. The molecular formula is C77H60F3N3. The summed E-state index contributed by atoms with van der Waals surface area (Å²) in [5.41, 5.74) is 24.3. The smallest absolute Gasteiger partial charge is 0.310 e. The summed E-state index contributed by atoms with van der Waals surface area (Å²) in [5, 5.41) is 4.00. The molecule has 0 saturated carbocycles. The van der Waals surface area contributed by atoms with Crippen LogP contribution in [0.2, 0.25) is 0 Å². The molecule has 0 aliphatic heterocycles. The molecule has 2 aromatic heterocycles. The molecule has 2 heterocycles. The van der Waals surface area contributed by atoms with E-state index in [4.69, 9.17) is 6.57 Å². The number of benzene rings is 11. The fourth-order valence-corrected chi connectivity index (χ4v) is 13.4. The van der Waals surface area contributed by atoms with E-state index in [0.29, 0.717) is 39.3 Å². The van der Waals surface area contributed by atoms with Crippen molar-refractivity contribution in [3.05, 3.63) is 267 Å². The summed E-state index contributed by atoms with van der Waals surface area (Å²) >= 11 is 0. The lowest BCUT2D eigenvalue weighted by molar-refractivity contribution is -0.137. The van der Waals surface area contributed by atoms with E-state index >= 15 is 13.2 Å². The van der Waals surface area contributed by atoms with Crippen LogP contribution in [0.5, 0.6) is 0 Å². The molecule has 0 fully saturated rings. The van der Waals surface area contributed by atoms with E-state index in [2.05, 4.69) is 215 Å². The van der Waals surface area contributed by atoms with Crippen LogP contribution in [0.1, 0.15) is 55.6 Å². The number of fused-ring (bicyclic) bond motifs is 6. The van der Waals surface area contributed by atoms with Crippen LogP contribution >= 0.6 is 0 Å².